The number of hydrogen-bond donors (Lipinski definition) is 0. The minimum absolute atomic E-state index is 0.132. The molecule has 3 aromatic carbocycles. The minimum atomic E-state index is -1.36. The van der Waals surface area contributed by atoms with Crippen molar-refractivity contribution in [2.45, 2.75) is 37.1 Å². The molecule has 2 spiro atoms. The molecule has 4 aliphatic heterocycles. The third kappa shape index (κ3) is 3.19. The molecule has 2 amide bonds. The van der Waals surface area contributed by atoms with Crippen LogP contribution in [0.1, 0.15) is 35.1 Å². The van der Waals surface area contributed by atoms with E-state index in [9.17, 15) is 19.2 Å². The van der Waals surface area contributed by atoms with Crippen molar-refractivity contribution in [1.29, 1.82) is 0 Å². The van der Waals surface area contributed by atoms with E-state index in [1.807, 2.05) is 72.8 Å². The van der Waals surface area contributed by atoms with Crippen LogP contribution in [0.4, 0.5) is 11.4 Å². The first-order chi connectivity index (χ1) is 19.2. The zero-order chi connectivity index (χ0) is 27.8. The van der Waals surface area contributed by atoms with Gasteiger partial charge in [0.15, 0.2) is 0 Å². The Morgan fingerprint density at radius 3 is 1.32 bits per heavy atom. The van der Waals surface area contributed by atoms with E-state index in [0.29, 0.717) is 22.5 Å². The fourth-order valence-electron chi connectivity index (χ4n) is 6.23. The van der Waals surface area contributed by atoms with Crippen molar-refractivity contribution in [3.63, 3.8) is 0 Å². The average Bonchev–Trinajstić information content (AvgIpc) is 3.58. The lowest BCUT2D eigenvalue weighted by Crippen LogP contribution is -2.40. The van der Waals surface area contributed by atoms with Crippen LogP contribution >= 0.6 is 0 Å². The van der Waals surface area contributed by atoms with Crippen molar-refractivity contribution in [2.24, 2.45) is 0 Å². The molecule has 0 N–H and O–H groups in total. The maximum Gasteiger partial charge on any atom is 0.335 e. The summed E-state index contributed by atoms with van der Waals surface area (Å²) in [6.07, 6.45) is 0.263. The number of nitrogens with zero attached hydrogens (tertiary/aromatic N) is 2. The van der Waals surface area contributed by atoms with Gasteiger partial charge in [-0.1, -0.05) is 73.8 Å². The third-order valence-electron chi connectivity index (χ3n) is 8.18. The van der Waals surface area contributed by atoms with Crippen LogP contribution in [0, 0.1) is 0 Å². The molecule has 0 aliphatic carbocycles. The molecule has 0 saturated carbocycles. The first kappa shape index (κ1) is 24.1. The summed E-state index contributed by atoms with van der Waals surface area (Å²) >= 11 is 0. The van der Waals surface area contributed by atoms with Crippen LogP contribution in [0.2, 0.25) is 0 Å². The number of esters is 2. The summed E-state index contributed by atoms with van der Waals surface area (Å²) in [6, 6.07) is 22.3. The molecule has 3 aromatic rings. The Balaban J connectivity index is 1.14. The molecule has 2 unspecified atom stereocenters. The van der Waals surface area contributed by atoms with Gasteiger partial charge in [0.2, 0.25) is 11.2 Å². The van der Waals surface area contributed by atoms with Gasteiger partial charge in [-0.2, -0.15) is 0 Å². The van der Waals surface area contributed by atoms with E-state index in [-0.39, 0.29) is 48.9 Å². The van der Waals surface area contributed by atoms with Gasteiger partial charge in [-0.25, -0.2) is 9.59 Å². The highest BCUT2D eigenvalue weighted by atomic mass is 16.6. The lowest BCUT2D eigenvalue weighted by molar-refractivity contribution is -0.156. The van der Waals surface area contributed by atoms with Crippen molar-refractivity contribution in [3.05, 3.63) is 119 Å². The predicted octanol–water partition coefficient (Wildman–Crippen LogP) is 4.18. The number of hydrogen-bond acceptors (Lipinski definition) is 6. The summed E-state index contributed by atoms with van der Waals surface area (Å²) in [7, 11) is 0. The summed E-state index contributed by atoms with van der Waals surface area (Å²) in [5.74, 6) is -1.68. The zero-order valence-corrected chi connectivity index (χ0v) is 21.5. The maximum atomic E-state index is 13.6. The number of anilines is 2. The van der Waals surface area contributed by atoms with E-state index in [2.05, 4.69) is 13.2 Å². The molecule has 2 saturated heterocycles. The van der Waals surface area contributed by atoms with E-state index in [0.717, 1.165) is 11.1 Å². The monoisotopic (exact) mass is 532 g/mol. The van der Waals surface area contributed by atoms with Gasteiger partial charge in [-0.3, -0.25) is 9.59 Å². The molecular formula is C32H24N2O6. The lowest BCUT2D eigenvalue weighted by Gasteiger charge is -2.23. The smallest absolute Gasteiger partial charge is 0.335 e. The Morgan fingerprint density at radius 1 is 0.600 bits per heavy atom. The molecule has 0 aromatic heterocycles. The molecule has 40 heavy (non-hydrogen) atoms. The number of rotatable bonds is 4. The Kier molecular flexibility index (Phi) is 4.97. The first-order valence-electron chi connectivity index (χ1n) is 13.0. The van der Waals surface area contributed by atoms with Crippen LogP contribution in [0.5, 0.6) is 0 Å². The molecule has 8 nitrogen and oxygen atoms in total. The molecule has 2 atom stereocenters. The van der Waals surface area contributed by atoms with Crippen LogP contribution in [-0.4, -0.2) is 23.8 Å². The van der Waals surface area contributed by atoms with Crippen molar-refractivity contribution < 1.29 is 28.7 Å². The van der Waals surface area contributed by atoms with E-state index in [1.54, 1.807) is 9.80 Å². The SMILES string of the molecule is C=C1CC2(OC1=O)C(=O)N(Cc1ccc(CN3C(=O)C4(CC(=C)C(=O)O4)c4ccccc43)cc1)c1ccccc12. The van der Waals surface area contributed by atoms with Crippen molar-refractivity contribution in [3.8, 4) is 0 Å². The number of benzene rings is 3. The molecular weight excluding hydrogens is 508 g/mol. The second kappa shape index (κ2) is 8.26. The average molecular weight is 533 g/mol. The molecule has 4 aliphatic rings. The number of amides is 2. The van der Waals surface area contributed by atoms with Crippen LogP contribution in [-0.2, 0) is 52.9 Å². The number of fused-ring (bicyclic) bond motifs is 4. The van der Waals surface area contributed by atoms with Gasteiger partial charge in [0.05, 0.1) is 24.5 Å². The molecule has 0 radical (unpaired) electrons. The summed E-state index contributed by atoms with van der Waals surface area (Å²) in [5, 5.41) is 0. The van der Waals surface area contributed by atoms with Crippen LogP contribution < -0.4 is 9.80 Å². The lowest BCUT2D eigenvalue weighted by atomic mass is 9.91. The van der Waals surface area contributed by atoms with E-state index < -0.39 is 23.1 Å². The van der Waals surface area contributed by atoms with Gasteiger partial charge < -0.3 is 19.3 Å². The quantitative estimate of drug-likeness (QED) is 0.370. The second-order valence-corrected chi connectivity index (χ2v) is 10.6. The van der Waals surface area contributed by atoms with Crippen molar-refractivity contribution in [2.75, 3.05) is 9.80 Å². The molecule has 198 valence electrons. The van der Waals surface area contributed by atoms with Gasteiger partial charge in [-0.05, 0) is 23.3 Å². The number of carbonyl (C=O) groups is 4. The highest BCUT2D eigenvalue weighted by molar-refractivity contribution is 6.12. The first-order valence-corrected chi connectivity index (χ1v) is 13.0. The molecule has 0 bridgehead atoms. The van der Waals surface area contributed by atoms with Gasteiger partial charge in [0, 0.05) is 35.1 Å². The summed E-state index contributed by atoms with van der Waals surface area (Å²) in [6.45, 7) is 8.11. The third-order valence-corrected chi connectivity index (χ3v) is 8.18. The maximum absolute atomic E-state index is 13.6. The fourth-order valence-corrected chi connectivity index (χ4v) is 6.23. The van der Waals surface area contributed by atoms with Gasteiger partial charge in [0.25, 0.3) is 11.8 Å². The Labute approximate surface area is 230 Å². The molecule has 4 heterocycles. The normalized spacial score (nSPS) is 24.8. The molecule has 7 rings (SSSR count). The van der Waals surface area contributed by atoms with E-state index >= 15 is 0 Å². The summed E-state index contributed by atoms with van der Waals surface area (Å²) in [4.78, 5) is 54.9. The Morgan fingerprint density at radius 2 is 0.975 bits per heavy atom. The Bertz CT molecular complexity index is 1530. The van der Waals surface area contributed by atoms with Crippen molar-refractivity contribution >= 4 is 35.1 Å². The highest BCUT2D eigenvalue weighted by Crippen LogP contribution is 2.51. The zero-order valence-electron chi connectivity index (χ0n) is 21.5. The van der Waals surface area contributed by atoms with Crippen LogP contribution in [0.15, 0.2) is 97.1 Å². The summed E-state index contributed by atoms with van der Waals surface area (Å²) < 4.78 is 11.2. The highest BCUT2D eigenvalue weighted by Gasteiger charge is 2.59. The molecule has 2 fully saturated rings. The summed E-state index contributed by atoms with van der Waals surface area (Å²) in [5.41, 5.74) is 2.33. The van der Waals surface area contributed by atoms with Gasteiger partial charge in [0.1, 0.15) is 0 Å². The van der Waals surface area contributed by atoms with Crippen LogP contribution in [0.25, 0.3) is 0 Å². The van der Waals surface area contributed by atoms with Crippen molar-refractivity contribution in [1.82, 2.24) is 0 Å². The standard InChI is InChI=1S/C32H24N2O6/c1-19-15-31(39-27(19)35)23-7-3-5-9-25(23)33(29(31)37)17-21-11-13-22(14-12-21)18-34-26-10-6-4-8-24(26)32(30(34)38)16-20(2)28(36)40-32/h3-14H,1-2,15-18H2. The van der Waals surface area contributed by atoms with Gasteiger partial charge >= 0.3 is 11.9 Å². The second-order valence-electron chi connectivity index (χ2n) is 10.6. The van der Waals surface area contributed by atoms with E-state index in [1.165, 1.54) is 0 Å². The minimum Gasteiger partial charge on any atom is -0.440 e. The predicted molar refractivity (Wildman–Crippen MR) is 145 cm³/mol. The number of para-hydroxylation sites is 2. The van der Waals surface area contributed by atoms with Crippen LogP contribution in [0.3, 0.4) is 0 Å². The molecule has 8 heteroatoms. The number of carbonyl (C=O) groups excluding carboxylic acids is 4. The Hall–Kier alpha value is -4.98. The number of ether oxygens (including phenoxy) is 2. The van der Waals surface area contributed by atoms with E-state index in [4.69, 9.17) is 9.47 Å². The fraction of sp³-hybridized carbons (Fsp3) is 0.188. The topological polar surface area (TPSA) is 93.2 Å². The van der Waals surface area contributed by atoms with Gasteiger partial charge in [-0.15, -0.1) is 0 Å². The largest absolute Gasteiger partial charge is 0.440 e.